The van der Waals surface area contributed by atoms with E-state index >= 15 is 0 Å². The second kappa shape index (κ2) is 8.05. The van der Waals surface area contributed by atoms with Crippen LogP contribution in [0.4, 0.5) is 0 Å². The van der Waals surface area contributed by atoms with E-state index in [-0.39, 0.29) is 6.10 Å². The van der Waals surface area contributed by atoms with Gasteiger partial charge in [0.1, 0.15) is 0 Å². The van der Waals surface area contributed by atoms with Gasteiger partial charge in [-0.15, -0.1) is 0 Å². The molecule has 0 saturated carbocycles. The molecule has 2 unspecified atom stereocenters. The molecule has 0 radical (unpaired) electrons. The van der Waals surface area contributed by atoms with Crippen molar-refractivity contribution in [3.05, 3.63) is 23.8 Å². The lowest BCUT2D eigenvalue weighted by molar-refractivity contribution is 0.143. The van der Waals surface area contributed by atoms with Crippen molar-refractivity contribution in [2.24, 2.45) is 5.92 Å². The lowest BCUT2D eigenvalue weighted by Gasteiger charge is -2.16. The molecule has 1 aromatic rings. The minimum atomic E-state index is -0.292. The van der Waals surface area contributed by atoms with E-state index in [0.29, 0.717) is 18.1 Å². The van der Waals surface area contributed by atoms with E-state index in [1.165, 1.54) is 12.8 Å². The van der Waals surface area contributed by atoms with E-state index < -0.39 is 0 Å². The molecule has 0 heterocycles. The summed E-state index contributed by atoms with van der Waals surface area (Å²) in [5.41, 5.74) is 1.08. The third-order valence-corrected chi connectivity index (χ3v) is 3.38. The summed E-state index contributed by atoms with van der Waals surface area (Å²) in [6.07, 6.45) is 3.56. The van der Waals surface area contributed by atoms with Crippen LogP contribution in [0.15, 0.2) is 18.2 Å². The highest BCUT2D eigenvalue weighted by atomic mass is 16.5. The Morgan fingerprint density at radius 1 is 1.16 bits per heavy atom. The van der Waals surface area contributed by atoms with Gasteiger partial charge in [0.2, 0.25) is 0 Å². The second-order valence-corrected chi connectivity index (χ2v) is 5.18. The van der Waals surface area contributed by atoms with E-state index in [1.807, 2.05) is 18.2 Å². The lowest BCUT2D eigenvalue weighted by atomic mass is 9.95. The van der Waals surface area contributed by atoms with Crippen LogP contribution in [0.2, 0.25) is 0 Å². The molecular formula is C16H26O3. The van der Waals surface area contributed by atoms with Gasteiger partial charge in [-0.05, 0) is 36.5 Å². The second-order valence-electron chi connectivity index (χ2n) is 5.18. The minimum Gasteiger partial charge on any atom is -0.493 e. The van der Waals surface area contributed by atoms with Gasteiger partial charge in [0, 0.05) is 0 Å². The zero-order valence-electron chi connectivity index (χ0n) is 12.5. The lowest BCUT2D eigenvalue weighted by Crippen LogP contribution is -2.14. The van der Waals surface area contributed by atoms with E-state index in [9.17, 15) is 5.11 Å². The molecule has 1 aromatic carbocycles. The molecule has 19 heavy (non-hydrogen) atoms. The maximum atomic E-state index is 10.1. The van der Waals surface area contributed by atoms with E-state index in [4.69, 9.17) is 9.47 Å². The Balaban J connectivity index is 2.61. The highest BCUT2D eigenvalue weighted by molar-refractivity contribution is 5.43. The minimum absolute atomic E-state index is 0.292. The Hall–Kier alpha value is -1.22. The molecule has 0 aliphatic carbocycles. The molecule has 108 valence electrons. The molecule has 0 fully saturated rings. The fraction of sp³-hybridized carbons (Fsp3) is 0.625. The molecule has 3 heteroatoms. The van der Waals surface area contributed by atoms with Crippen molar-refractivity contribution in [1.82, 2.24) is 0 Å². The first-order valence-electron chi connectivity index (χ1n) is 6.99. The molecule has 1 rings (SSSR count). The highest BCUT2D eigenvalue weighted by Gasteiger charge is 2.12. The van der Waals surface area contributed by atoms with E-state index in [0.717, 1.165) is 17.7 Å². The first-order chi connectivity index (χ1) is 9.10. The normalized spacial score (nSPS) is 13.9. The maximum absolute atomic E-state index is 10.1. The van der Waals surface area contributed by atoms with Gasteiger partial charge in [-0.25, -0.2) is 0 Å². The molecule has 1 N–H and O–H groups in total. The third-order valence-electron chi connectivity index (χ3n) is 3.38. The highest BCUT2D eigenvalue weighted by Crippen LogP contribution is 2.28. The number of benzene rings is 1. The molecule has 0 aliphatic heterocycles. The van der Waals surface area contributed by atoms with Crippen LogP contribution in [0.5, 0.6) is 11.5 Å². The Morgan fingerprint density at radius 2 is 1.84 bits per heavy atom. The molecule has 3 nitrogen and oxygen atoms in total. The van der Waals surface area contributed by atoms with E-state index in [2.05, 4.69) is 13.8 Å². The van der Waals surface area contributed by atoms with Crippen molar-refractivity contribution in [2.45, 2.75) is 45.6 Å². The van der Waals surface area contributed by atoms with Crippen molar-refractivity contribution in [3.63, 3.8) is 0 Å². The summed E-state index contributed by atoms with van der Waals surface area (Å²) < 4.78 is 10.5. The molecule has 0 bridgehead atoms. The summed E-state index contributed by atoms with van der Waals surface area (Å²) in [7, 11) is 3.25. The predicted octanol–water partition coefficient (Wildman–Crippen LogP) is 3.43. The number of hydrogen-bond acceptors (Lipinski definition) is 3. The van der Waals surface area contributed by atoms with Gasteiger partial charge in [-0.2, -0.15) is 0 Å². The van der Waals surface area contributed by atoms with Crippen LogP contribution in [-0.2, 0) is 6.42 Å². The van der Waals surface area contributed by atoms with Crippen LogP contribution in [0.1, 0.15) is 38.7 Å². The van der Waals surface area contributed by atoms with Gasteiger partial charge in [-0.3, -0.25) is 0 Å². The summed E-state index contributed by atoms with van der Waals surface area (Å²) in [6, 6.07) is 5.80. The number of aliphatic hydroxyl groups excluding tert-OH is 1. The Morgan fingerprint density at radius 3 is 2.42 bits per heavy atom. The molecule has 0 saturated heterocycles. The number of ether oxygens (including phenoxy) is 2. The largest absolute Gasteiger partial charge is 0.493 e. The molecule has 0 aromatic heterocycles. The zero-order chi connectivity index (χ0) is 14.3. The van der Waals surface area contributed by atoms with Crippen molar-refractivity contribution < 1.29 is 14.6 Å². The molecule has 0 spiro atoms. The van der Waals surface area contributed by atoms with Crippen molar-refractivity contribution in [1.29, 1.82) is 0 Å². The predicted molar refractivity (Wildman–Crippen MR) is 77.9 cm³/mol. The quantitative estimate of drug-likeness (QED) is 0.783. The van der Waals surface area contributed by atoms with Crippen LogP contribution in [0.3, 0.4) is 0 Å². The Labute approximate surface area is 116 Å². The fourth-order valence-electron chi connectivity index (χ4n) is 2.44. The molecular weight excluding hydrogens is 240 g/mol. The standard InChI is InChI=1S/C16H26O3/c1-5-6-12(2)9-14(17)10-13-7-8-15(18-3)16(11-13)19-4/h7-8,11-12,14,17H,5-6,9-10H2,1-4H3. The van der Waals surface area contributed by atoms with Crippen molar-refractivity contribution in [2.75, 3.05) is 14.2 Å². The first kappa shape index (κ1) is 15.8. The van der Waals surface area contributed by atoms with Gasteiger partial charge in [0.15, 0.2) is 11.5 Å². The maximum Gasteiger partial charge on any atom is 0.160 e. The monoisotopic (exact) mass is 266 g/mol. The topological polar surface area (TPSA) is 38.7 Å². The Kier molecular flexibility index (Phi) is 6.71. The molecule has 2 atom stereocenters. The van der Waals surface area contributed by atoms with Crippen LogP contribution in [0.25, 0.3) is 0 Å². The smallest absolute Gasteiger partial charge is 0.160 e. The van der Waals surface area contributed by atoms with Crippen LogP contribution in [-0.4, -0.2) is 25.4 Å². The molecule has 0 aliphatic rings. The van der Waals surface area contributed by atoms with Gasteiger partial charge in [-0.1, -0.05) is 32.8 Å². The summed E-state index contributed by atoms with van der Waals surface area (Å²) in [6.45, 7) is 4.37. The van der Waals surface area contributed by atoms with Crippen molar-refractivity contribution >= 4 is 0 Å². The van der Waals surface area contributed by atoms with Crippen molar-refractivity contribution in [3.8, 4) is 11.5 Å². The van der Waals surface area contributed by atoms with Crippen LogP contribution >= 0.6 is 0 Å². The van der Waals surface area contributed by atoms with Gasteiger partial charge in [0.05, 0.1) is 20.3 Å². The summed E-state index contributed by atoms with van der Waals surface area (Å²) in [5, 5.41) is 10.1. The SMILES string of the molecule is CCCC(C)CC(O)Cc1ccc(OC)c(OC)c1. The van der Waals surface area contributed by atoms with Gasteiger partial charge in [0.25, 0.3) is 0 Å². The Bertz CT molecular complexity index is 376. The van der Waals surface area contributed by atoms with E-state index in [1.54, 1.807) is 14.2 Å². The summed E-state index contributed by atoms with van der Waals surface area (Å²) in [4.78, 5) is 0. The number of hydrogen-bond donors (Lipinski definition) is 1. The number of aliphatic hydroxyl groups is 1. The average Bonchev–Trinajstić information content (AvgIpc) is 2.38. The summed E-state index contributed by atoms with van der Waals surface area (Å²) >= 11 is 0. The van der Waals surface area contributed by atoms with Crippen LogP contribution < -0.4 is 9.47 Å². The zero-order valence-corrected chi connectivity index (χ0v) is 12.5. The molecule has 0 amide bonds. The number of rotatable bonds is 8. The summed E-state index contributed by atoms with van der Waals surface area (Å²) in [5.74, 6) is 2.01. The average molecular weight is 266 g/mol. The third kappa shape index (κ3) is 5.11. The van der Waals surface area contributed by atoms with Gasteiger partial charge < -0.3 is 14.6 Å². The fourth-order valence-corrected chi connectivity index (χ4v) is 2.44. The number of methoxy groups -OCH3 is 2. The van der Waals surface area contributed by atoms with Crippen LogP contribution in [0, 0.1) is 5.92 Å². The van der Waals surface area contributed by atoms with Gasteiger partial charge >= 0.3 is 0 Å². The first-order valence-corrected chi connectivity index (χ1v) is 6.99.